The number of carbonyl (C=O) groups excluding carboxylic acids is 1. The largest absolute Gasteiger partial charge is 0.355 e. The molecule has 5 rings (SSSR count). The maximum Gasteiger partial charge on any atom is 0.269 e. The molecule has 2 heterocycles. The molecule has 4 atom stereocenters. The SMILES string of the molecule is CCNC(=O)[C@@]12[C@H]3CC=C[C@@H]1N(S(=O)(=O)c1ccc(C)cc1)[C@@H](c1ccc([N+](=O)[O-])cc1)N2CC3. The summed E-state index contributed by atoms with van der Waals surface area (Å²) in [6, 6.07) is 11.9. The van der Waals surface area contributed by atoms with Crippen LogP contribution < -0.4 is 5.32 Å². The molecule has 35 heavy (non-hydrogen) atoms. The summed E-state index contributed by atoms with van der Waals surface area (Å²) in [5, 5.41) is 14.2. The van der Waals surface area contributed by atoms with E-state index < -0.39 is 32.7 Å². The minimum atomic E-state index is -4.03. The molecule has 9 nitrogen and oxygen atoms in total. The van der Waals surface area contributed by atoms with Gasteiger partial charge in [0.15, 0.2) is 0 Å². The van der Waals surface area contributed by atoms with Crippen LogP contribution in [0.3, 0.4) is 0 Å². The number of nitrogens with one attached hydrogen (secondary N) is 1. The first kappa shape index (κ1) is 23.7. The van der Waals surface area contributed by atoms with E-state index in [0.717, 1.165) is 12.0 Å². The fourth-order valence-electron chi connectivity index (χ4n) is 6.02. The zero-order chi connectivity index (χ0) is 25.0. The van der Waals surface area contributed by atoms with E-state index in [1.54, 1.807) is 36.4 Å². The van der Waals surface area contributed by atoms with Crippen LogP contribution in [0.5, 0.6) is 0 Å². The van der Waals surface area contributed by atoms with Gasteiger partial charge in [-0.1, -0.05) is 29.8 Å². The number of nitro benzene ring substituents is 1. The predicted octanol–water partition coefficient (Wildman–Crippen LogP) is 3.13. The summed E-state index contributed by atoms with van der Waals surface area (Å²) >= 11 is 0. The van der Waals surface area contributed by atoms with Crippen molar-refractivity contribution in [3.05, 3.63) is 81.9 Å². The van der Waals surface area contributed by atoms with Crippen LogP contribution in [0.1, 0.15) is 37.1 Å². The van der Waals surface area contributed by atoms with E-state index in [4.69, 9.17) is 0 Å². The van der Waals surface area contributed by atoms with Crippen molar-refractivity contribution in [1.29, 1.82) is 0 Å². The van der Waals surface area contributed by atoms with Crippen LogP contribution in [0, 0.1) is 23.0 Å². The lowest BCUT2D eigenvalue weighted by molar-refractivity contribution is -0.384. The number of aryl methyl sites for hydroxylation is 1. The second-order valence-corrected chi connectivity index (χ2v) is 11.2. The lowest BCUT2D eigenvalue weighted by Gasteiger charge is -2.41. The minimum absolute atomic E-state index is 0.0391. The molecule has 2 aromatic carbocycles. The number of hydrogen-bond acceptors (Lipinski definition) is 6. The van der Waals surface area contributed by atoms with Gasteiger partial charge in [0.2, 0.25) is 15.9 Å². The number of rotatable bonds is 6. The number of benzene rings is 2. The monoisotopic (exact) mass is 496 g/mol. The molecule has 3 aliphatic rings. The van der Waals surface area contributed by atoms with E-state index in [1.165, 1.54) is 16.4 Å². The van der Waals surface area contributed by atoms with Gasteiger partial charge in [-0.2, -0.15) is 4.31 Å². The van der Waals surface area contributed by atoms with Crippen molar-refractivity contribution >= 4 is 21.6 Å². The highest BCUT2D eigenvalue weighted by Gasteiger charge is 2.70. The first-order valence-electron chi connectivity index (χ1n) is 11.8. The summed E-state index contributed by atoms with van der Waals surface area (Å²) in [5.41, 5.74) is 0.414. The molecule has 2 saturated heterocycles. The molecule has 0 radical (unpaired) electrons. The van der Waals surface area contributed by atoms with Crippen molar-refractivity contribution in [1.82, 2.24) is 14.5 Å². The highest BCUT2D eigenvalue weighted by molar-refractivity contribution is 7.89. The predicted molar refractivity (Wildman–Crippen MR) is 130 cm³/mol. The standard InChI is InChI=1S/C25H28N4O5S/c1-3-26-24(30)25-19-5-4-6-22(25)28(35(33,34)21-13-7-17(2)8-14-21)23(27(25)16-15-19)18-9-11-20(12-10-18)29(31)32/h4,6-14,19,22-23H,3,5,15-16H2,1-2H3,(H,26,30)/t19-,22-,23-,25+/m0/s1. The number of amides is 1. The molecular weight excluding hydrogens is 468 g/mol. The summed E-state index contributed by atoms with van der Waals surface area (Å²) in [6.45, 7) is 4.72. The molecule has 0 saturated carbocycles. The molecule has 0 aromatic heterocycles. The van der Waals surface area contributed by atoms with Crippen molar-refractivity contribution in [2.75, 3.05) is 13.1 Å². The van der Waals surface area contributed by atoms with Crippen LogP contribution in [0.25, 0.3) is 0 Å². The zero-order valence-electron chi connectivity index (χ0n) is 19.6. The fraction of sp³-hybridized carbons (Fsp3) is 0.400. The van der Waals surface area contributed by atoms with Gasteiger partial charge in [0, 0.05) is 25.2 Å². The first-order valence-corrected chi connectivity index (χ1v) is 13.2. The molecule has 184 valence electrons. The molecule has 1 amide bonds. The third-order valence-corrected chi connectivity index (χ3v) is 9.37. The normalized spacial score (nSPS) is 28.1. The van der Waals surface area contributed by atoms with Crippen LogP contribution >= 0.6 is 0 Å². The van der Waals surface area contributed by atoms with Gasteiger partial charge in [0.25, 0.3) is 5.69 Å². The third-order valence-electron chi connectivity index (χ3n) is 7.52. The van der Waals surface area contributed by atoms with Gasteiger partial charge in [-0.3, -0.25) is 19.8 Å². The lowest BCUT2D eigenvalue weighted by atomic mass is 9.73. The number of nitrogens with zero attached hydrogens (tertiary/aromatic N) is 3. The second-order valence-electron chi connectivity index (χ2n) is 9.34. The summed E-state index contributed by atoms with van der Waals surface area (Å²) in [4.78, 5) is 26.7. The number of nitro groups is 1. The third kappa shape index (κ3) is 3.42. The number of likely N-dealkylation sites (N-methyl/N-ethyl adjacent to an activating group) is 1. The average Bonchev–Trinajstić information content (AvgIpc) is 3.38. The Bertz CT molecular complexity index is 1290. The first-order chi connectivity index (χ1) is 16.7. The van der Waals surface area contributed by atoms with Crippen molar-refractivity contribution in [3.63, 3.8) is 0 Å². The number of sulfonamides is 1. The Morgan fingerprint density at radius 2 is 1.86 bits per heavy atom. The fourth-order valence-corrected chi connectivity index (χ4v) is 7.77. The summed E-state index contributed by atoms with van der Waals surface area (Å²) in [7, 11) is -4.03. The molecule has 2 aliphatic heterocycles. The van der Waals surface area contributed by atoms with E-state index in [1.807, 2.05) is 30.9 Å². The Balaban J connectivity index is 1.73. The van der Waals surface area contributed by atoms with Gasteiger partial charge >= 0.3 is 0 Å². The molecule has 1 aliphatic carbocycles. The Labute approximate surface area is 204 Å². The van der Waals surface area contributed by atoms with E-state index >= 15 is 0 Å². The van der Waals surface area contributed by atoms with E-state index in [-0.39, 0.29) is 22.4 Å². The van der Waals surface area contributed by atoms with Gasteiger partial charge in [0.1, 0.15) is 11.7 Å². The minimum Gasteiger partial charge on any atom is -0.355 e. The lowest BCUT2D eigenvalue weighted by Crippen LogP contribution is -2.63. The average molecular weight is 497 g/mol. The zero-order valence-corrected chi connectivity index (χ0v) is 20.4. The van der Waals surface area contributed by atoms with Crippen LogP contribution in [0.15, 0.2) is 65.6 Å². The van der Waals surface area contributed by atoms with Crippen molar-refractivity contribution < 1.29 is 18.1 Å². The van der Waals surface area contributed by atoms with E-state index in [9.17, 15) is 23.3 Å². The number of allylic oxidation sites excluding steroid dienone is 1. The topological polar surface area (TPSA) is 113 Å². The van der Waals surface area contributed by atoms with Crippen LogP contribution in [-0.4, -0.2) is 53.1 Å². The second kappa shape index (κ2) is 8.54. The number of carbonyl (C=O) groups is 1. The van der Waals surface area contributed by atoms with Crippen LogP contribution in [0.4, 0.5) is 5.69 Å². The maximum absolute atomic E-state index is 14.2. The van der Waals surface area contributed by atoms with Gasteiger partial charge in [-0.05, 0) is 62.4 Å². The van der Waals surface area contributed by atoms with Crippen molar-refractivity contribution in [3.8, 4) is 0 Å². The maximum atomic E-state index is 14.2. The van der Waals surface area contributed by atoms with Gasteiger partial charge in [-0.15, -0.1) is 0 Å². The Kier molecular flexibility index (Phi) is 5.77. The highest BCUT2D eigenvalue weighted by atomic mass is 32.2. The summed E-state index contributed by atoms with van der Waals surface area (Å²) in [6.07, 6.45) is 4.51. The Hall–Kier alpha value is -3.08. The molecular formula is C25H28N4O5S. The smallest absolute Gasteiger partial charge is 0.269 e. The summed E-state index contributed by atoms with van der Waals surface area (Å²) in [5.74, 6) is -0.215. The van der Waals surface area contributed by atoms with Gasteiger partial charge < -0.3 is 5.32 Å². The highest BCUT2D eigenvalue weighted by Crippen LogP contribution is 2.57. The van der Waals surface area contributed by atoms with Crippen LogP contribution in [-0.2, 0) is 14.8 Å². The molecule has 10 heteroatoms. The number of non-ortho nitro benzene ring substituents is 1. The molecule has 0 bridgehead atoms. The quantitative estimate of drug-likeness (QED) is 0.374. The molecule has 0 spiro atoms. The van der Waals surface area contributed by atoms with E-state index in [2.05, 4.69) is 5.32 Å². The molecule has 0 unspecified atom stereocenters. The molecule has 2 fully saturated rings. The Morgan fingerprint density at radius 3 is 2.49 bits per heavy atom. The Morgan fingerprint density at radius 1 is 1.17 bits per heavy atom. The van der Waals surface area contributed by atoms with Gasteiger partial charge in [0.05, 0.1) is 15.9 Å². The van der Waals surface area contributed by atoms with Gasteiger partial charge in [-0.25, -0.2) is 8.42 Å². The molecule has 2 aromatic rings. The van der Waals surface area contributed by atoms with Crippen LogP contribution in [0.2, 0.25) is 0 Å². The van der Waals surface area contributed by atoms with Crippen molar-refractivity contribution in [2.24, 2.45) is 5.92 Å². The number of hydrogen-bond donors (Lipinski definition) is 1. The summed E-state index contributed by atoms with van der Waals surface area (Å²) < 4.78 is 29.8. The van der Waals surface area contributed by atoms with Crippen molar-refractivity contribution in [2.45, 2.75) is 49.3 Å². The van der Waals surface area contributed by atoms with E-state index in [0.29, 0.717) is 25.1 Å². The molecule has 1 N–H and O–H groups in total.